The molecule has 0 fully saturated rings. The molecule has 4 heteroatoms. The second-order valence-corrected chi connectivity index (χ2v) is 3.77. The average Bonchev–Trinajstić information content (AvgIpc) is 2.30. The fourth-order valence-corrected chi connectivity index (χ4v) is 1.43. The van der Waals surface area contributed by atoms with Gasteiger partial charge in [0.15, 0.2) is 5.78 Å². The van der Waals surface area contributed by atoms with Crippen LogP contribution in [0.1, 0.15) is 34.8 Å². The molecule has 0 aliphatic heterocycles. The van der Waals surface area contributed by atoms with Gasteiger partial charge in [0, 0.05) is 17.0 Å². The van der Waals surface area contributed by atoms with Gasteiger partial charge in [0.1, 0.15) is 0 Å². The largest absolute Gasteiger partial charge is 0.295 e. The molecule has 0 aliphatic carbocycles. The Morgan fingerprint density at radius 2 is 2.29 bits per heavy atom. The minimum Gasteiger partial charge on any atom is -0.295 e. The number of hydrogen-bond acceptors (Lipinski definition) is 2. The van der Waals surface area contributed by atoms with Crippen LogP contribution < -0.4 is 0 Å². The lowest BCUT2D eigenvalue weighted by Gasteiger charge is -2.02. The van der Waals surface area contributed by atoms with Gasteiger partial charge in [0.2, 0.25) is 0 Å². The van der Waals surface area contributed by atoms with Crippen molar-refractivity contribution in [1.29, 1.82) is 0 Å². The van der Waals surface area contributed by atoms with Crippen LogP contribution in [-0.2, 0) is 0 Å². The third kappa shape index (κ3) is 4.13. The van der Waals surface area contributed by atoms with Crippen molar-refractivity contribution >= 4 is 11.9 Å². The molecule has 0 unspecified atom stereocenters. The molecule has 1 rings (SSSR count). The van der Waals surface area contributed by atoms with Gasteiger partial charge in [-0.25, -0.2) is 0 Å². The van der Waals surface area contributed by atoms with Crippen LogP contribution in [0.3, 0.4) is 0 Å². The van der Waals surface area contributed by atoms with Gasteiger partial charge in [0.05, 0.1) is 0 Å². The average molecular weight is 229 g/mol. The molecular formula is C13H15N3O. The first-order valence-electron chi connectivity index (χ1n) is 5.44. The maximum absolute atomic E-state index is 11.2. The van der Waals surface area contributed by atoms with Gasteiger partial charge < -0.3 is 0 Å². The van der Waals surface area contributed by atoms with Crippen molar-refractivity contribution in [2.45, 2.75) is 20.3 Å². The molecule has 0 aromatic heterocycles. The minimum atomic E-state index is 0.0636. The Morgan fingerprint density at radius 1 is 1.53 bits per heavy atom. The maximum Gasteiger partial charge on any atom is 0.159 e. The zero-order valence-electron chi connectivity index (χ0n) is 10.1. The van der Waals surface area contributed by atoms with Crippen LogP contribution in [0.5, 0.6) is 0 Å². The van der Waals surface area contributed by atoms with Crippen LogP contribution in [-0.4, -0.2) is 12.3 Å². The highest BCUT2D eigenvalue weighted by molar-refractivity contribution is 5.94. The van der Waals surface area contributed by atoms with Crippen LogP contribution in [0.4, 0.5) is 0 Å². The number of rotatable bonds is 5. The summed E-state index contributed by atoms with van der Waals surface area (Å²) in [6.45, 7) is 4.01. The standard InChI is InChI=1S/C13H15N3O/c1-10-6-7-13(11(2)17)9-12(10)5-3-4-8-15-16-14/h3,5-7,9H,4,8H2,1-2H3. The highest BCUT2D eigenvalue weighted by Crippen LogP contribution is 2.13. The summed E-state index contributed by atoms with van der Waals surface area (Å²) >= 11 is 0. The van der Waals surface area contributed by atoms with E-state index in [-0.39, 0.29) is 5.78 Å². The van der Waals surface area contributed by atoms with Gasteiger partial charge >= 0.3 is 0 Å². The summed E-state index contributed by atoms with van der Waals surface area (Å²) in [7, 11) is 0. The van der Waals surface area contributed by atoms with Crippen molar-refractivity contribution < 1.29 is 4.79 Å². The Bertz CT molecular complexity index is 485. The quantitative estimate of drug-likeness (QED) is 0.248. The molecule has 88 valence electrons. The number of aryl methyl sites for hydroxylation is 1. The van der Waals surface area contributed by atoms with E-state index in [1.54, 1.807) is 6.92 Å². The summed E-state index contributed by atoms with van der Waals surface area (Å²) < 4.78 is 0. The van der Waals surface area contributed by atoms with E-state index in [0.29, 0.717) is 18.5 Å². The Morgan fingerprint density at radius 3 is 2.94 bits per heavy atom. The van der Waals surface area contributed by atoms with E-state index in [1.807, 2.05) is 37.3 Å². The molecule has 0 saturated carbocycles. The van der Waals surface area contributed by atoms with Crippen molar-refractivity contribution in [3.05, 3.63) is 51.4 Å². The molecule has 0 N–H and O–H groups in total. The van der Waals surface area contributed by atoms with E-state index >= 15 is 0 Å². The Labute approximate surface area is 101 Å². The number of Topliss-reactive ketones (excluding diaryl/α,β-unsaturated/α-hetero) is 1. The van der Waals surface area contributed by atoms with Crippen LogP contribution >= 0.6 is 0 Å². The van der Waals surface area contributed by atoms with Crippen molar-refractivity contribution in [3.8, 4) is 0 Å². The molecular weight excluding hydrogens is 214 g/mol. The summed E-state index contributed by atoms with van der Waals surface area (Å²) in [6, 6.07) is 5.64. The Hall–Kier alpha value is -2.06. The van der Waals surface area contributed by atoms with Crippen molar-refractivity contribution in [2.24, 2.45) is 5.11 Å². The first-order valence-corrected chi connectivity index (χ1v) is 5.44. The van der Waals surface area contributed by atoms with Crippen LogP contribution in [0, 0.1) is 6.92 Å². The molecule has 0 spiro atoms. The zero-order valence-corrected chi connectivity index (χ0v) is 10.1. The monoisotopic (exact) mass is 229 g/mol. The molecule has 0 heterocycles. The lowest BCUT2D eigenvalue weighted by molar-refractivity contribution is 0.101. The summed E-state index contributed by atoms with van der Waals surface area (Å²) in [4.78, 5) is 13.9. The number of carbonyl (C=O) groups excluding carboxylic acids is 1. The third-order valence-electron chi connectivity index (χ3n) is 2.44. The van der Waals surface area contributed by atoms with E-state index in [9.17, 15) is 4.79 Å². The number of benzene rings is 1. The zero-order chi connectivity index (χ0) is 12.7. The van der Waals surface area contributed by atoms with Crippen molar-refractivity contribution in [1.82, 2.24) is 0 Å². The highest BCUT2D eigenvalue weighted by Gasteiger charge is 2.01. The first-order chi connectivity index (χ1) is 8.15. The molecule has 17 heavy (non-hydrogen) atoms. The van der Waals surface area contributed by atoms with Crippen LogP contribution in [0.2, 0.25) is 0 Å². The van der Waals surface area contributed by atoms with Gasteiger partial charge in [-0.2, -0.15) is 0 Å². The predicted octanol–water partition coefficient (Wildman–Crippen LogP) is 3.91. The molecule has 1 aromatic rings. The lowest BCUT2D eigenvalue weighted by atomic mass is 10.0. The molecule has 0 aliphatic rings. The fourth-order valence-electron chi connectivity index (χ4n) is 1.43. The second kappa shape index (κ2) is 6.51. The van der Waals surface area contributed by atoms with Gasteiger partial charge in [-0.05, 0) is 43.0 Å². The van der Waals surface area contributed by atoms with E-state index in [1.165, 1.54) is 0 Å². The van der Waals surface area contributed by atoms with Gasteiger partial charge in [-0.15, -0.1) is 0 Å². The SMILES string of the molecule is CC(=O)c1ccc(C)c(C=CCCN=[N+]=[N-])c1. The molecule has 1 aromatic carbocycles. The summed E-state index contributed by atoms with van der Waals surface area (Å²) in [5.41, 5.74) is 11.0. The predicted molar refractivity (Wildman–Crippen MR) is 68.8 cm³/mol. The smallest absolute Gasteiger partial charge is 0.159 e. The minimum absolute atomic E-state index is 0.0636. The number of ketones is 1. The summed E-state index contributed by atoms with van der Waals surface area (Å²) in [6.07, 6.45) is 4.60. The van der Waals surface area contributed by atoms with Gasteiger partial charge in [0.25, 0.3) is 0 Å². The Balaban J connectivity index is 2.78. The second-order valence-electron chi connectivity index (χ2n) is 3.77. The number of hydrogen-bond donors (Lipinski definition) is 0. The molecule has 0 amide bonds. The molecule has 0 atom stereocenters. The van der Waals surface area contributed by atoms with Gasteiger partial charge in [-0.1, -0.05) is 29.4 Å². The van der Waals surface area contributed by atoms with Crippen molar-refractivity contribution in [3.63, 3.8) is 0 Å². The molecule has 4 nitrogen and oxygen atoms in total. The highest BCUT2D eigenvalue weighted by atomic mass is 16.1. The Kier molecular flexibility index (Phi) is 4.98. The van der Waals surface area contributed by atoms with E-state index in [2.05, 4.69) is 10.0 Å². The number of azide groups is 1. The fraction of sp³-hybridized carbons (Fsp3) is 0.308. The third-order valence-corrected chi connectivity index (χ3v) is 2.44. The molecule has 0 saturated heterocycles. The summed E-state index contributed by atoms with van der Waals surface area (Å²) in [5.74, 6) is 0.0636. The number of nitrogens with zero attached hydrogens (tertiary/aromatic N) is 3. The summed E-state index contributed by atoms with van der Waals surface area (Å²) in [5, 5.41) is 3.45. The van der Waals surface area contributed by atoms with Crippen LogP contribution in [0.25, 0.3) is 16.5 Å². The van der Waals surface area contributed by atoms with E-state index < -0.39 is 0 Å². The lowest BCUT2D eigenvalue weighted by Crippen LogP contribution is -1.93. The van der Waals surface area contributed by atoms with Gasteiger partial charge in [-0.3, -0.25) is 4.79 Å². The van der Waals surface area contributed by atoms with E-state index in [4.69, 9.17) is 5.53 Å². The molecule has 0 radical (unpaired) electrons. The van der Waals surface area contributed by atoms with Crippen LogP contribution in [0.15, 0.2) is 29.4 Å². The topological polar surface area (TPSA) is 65.8 Å². The van der Waals surface area contributed by atoms with E-state index in [0.717, 1.165) is 11.1 Å². The normalized spacial score (nSPS) is 10.2. The molecule has 0 bridgehead atoms. The number of carbonyl (C=O) groups is 1. The van der Waals surface area contributed by atoms with Crippen molar-refractivity contribution in [2.75, 3.05) is 6.54 Å². The first kappa shape index (κ1) is 13.0. The maximum atomic E-state index is 11.2.